The summed E-state index contributed by atoms with van der Waals surface area (Å²) < 4.78 is 0. The van der Waals surface area contributed by atoms with Crippen molar-refractivity contribution in [1.29, 1.82) is 0 Å². The standard InChI is InChI=1S/C16H14Cl2N2O4/c1-7(21)19-9-3-11(15(23)13(17)5-9)12-4-10(20-8(2)22)6-14(18)16(12)24/h3-6,23-24H,1-2H3,(H,19,21)(H,20,22). The van der Waals surface area contributed by atoms with Crippen molar-refractivity contribution in [3.05, 3.63) is 34.3 Å². The first-order valence-electron chi connectivity index (χ1n) is 6.79. The van der Waals surface area contributed by atoms with E-state index in [1.54, 1.807) is 0 Å². The van der Waals surface area contributed by atoms with Crippen molar-refractivity contribution in [3.8, 4) is 22.6 Å². The van der Waals surface area contributed by atoms with Crippen LogP contribution in [0.1, 0.15) is 13.8 Å². The molecule has 0 aromatic heterocycles. The summed E-state index contributed by atoms with van der Waals surface area (Å²) in [6.07, 6.45) is 0. The number of carbonyl (C=O) groups excluding carboxylic acids is 2. The fraction of sp³-hybridized carbons (Fsp3) is 0.125. The van der Waals surface area contributed by atoms with Crippen molar-refractivity contribution < 1.29 is 19.8 Å². The number of phenols is 2. The Morgan fingerprint density at radius 2 is 1.12 bits per heavy atom. The third-order valence-electron chi connectivity index (χ3n) is 3.06. The zero-order valence-corrected chi connectivity index (χ0v) is 14.3. The highest BCUT2D eigenvalue weighted by atomic mass is 35.5. The Hall–Kier alpha value is -2.44. The molecule has 0 atom stereocenters. The first-order valence-corrected chi connectivity index (χ1v) is 7.55. The predicted octanol–water partition coefficient (Wildman–Crippen LogP) is 3.99. The van der Waals surface area contributed by atoms with Gasteiger partial charge < -0.3 is 20.8 Å². The van der Waals surface area contributed by atoms with Crippen LogP contribution in [0.3, 0.4) is 0 Å². The number of hydrogen-bond donors (Lipinski definition) is 4. The van der Waals surface area contributed by atoms with Gasteiger partial charge in [-0.15, -0.1) is 0 Å². The number of benzene rings is 2. The Balaban J connectivity index is 2.66. The third kappa shape index (κ3) is 3.90. The molecule has 0 radical (unpaired) electrons. The summed E-state index contributed by atoms with van der Waals surface area (Å²) in [4.78, 5) is 22.4. The molecule has 6 nitrogen and oxygen atoms in total. The summed E-state index contributed by atoms with van der Waals surface area (Å²) in [5, 5.41) is 25.5. The molecule has 0 heterocycles. The normalized spacial score (nSPS) is 10.3. The van der Waals surface area contributed by atoms with Gasteiger partial charge in [0.15, 0.2) is 0 Å². The summed E-state index contributed by atoms with van der Waals surface area (Å²) in [6, 6.07) is 5.62. The van der Waals surface area contributed by atoms with Crippen LogP contribution in [0.25, 0.3) is 11.1 Å². The SMILES string of the molecule is CC(=O)Nc1cc(Cl)c(O)c(-c2cc(NC(C)=O)cc(Cl)c2O)c1. The van der Waals surface area contributed by atoms with Gasteiger partial charge in [0, 0.05) is 36.3 Å². The van der Waals surface area contributed by atoms with E-state index in [2.05, 4.69) is 10.6 Å². The van der Waals surface area contributed by atoms with Crippen LogP contribution in [-0.2, 0) is 9.59 Å². The number of nitrogens with one attached hydrogen (secondary N) is 2. The van der Waals surface area contributed by atoms with Crippen molar-refractivity contribution in [2.24, 2.45) is 0 Å². The minimum Gasteiger partial charge on any atom is -0.506 e. The van der Waals surface area contributed by atoms with E-state index >= 15 is 0 Å². The first kappa shape index (κ1) is 17.9. The third-order valence-corrected chi connectivity index (χ3v) is 3.63. The highest BCUT2D eigenvalue weighted by Gasteiger charge is 2.17. The zero-order valence-electron chi connectivity index (χ0n) is 12.8. The van der Waals surface area contributed by atoms with Crippen molar-refractivity contribution in [1.82, 2.24) is 0 Å². The van der Waals surface area contributed by atoms with Gasteiger partial charge in [-0.3, -0.25) is 9.59 Å². The maximum atomic E-state index is 11.2. The Kier molecular flexibility index (Phi) is 5.21. The number of aromatic hydroxyl groups is 2. The first-order chi connectivity index (χ1) is 11.2. The monoisotopic (exact) mass is 368 g/mol. The van der Waals surface area contributed by atoms with Gasteiger partial charge in [-0.1, -0.05) is 23.2 Å². The molecule has 2 amide bonds. The molecular weight excluding hydrogens is 355 g/mol. The minimum absolute atomic E-state index is 0.0169. The van der Waals surface area contributed by atoms with E-state index in [1.165, 1.54) is 38.1 Å². The number of carbonyl (C=O) groups is 2. The van der Waals surface area contributed by atoms with E-state index < -0.39 is 0 Å². The second-order valence-corrected chi connectivity index (χ2v) is 5.89. The summed E-state index contributed by atoms with van der Waals surface area (Å²) in [7, 11) is 0. The molecule has 8 heteroatoms. The summed E-state index contributed by atoms with van der Waals surface area (Å²) in [5.41, 5.74) is 0.970. The van der Waals surface area contributed by atoms with Crippen molar-refractivity contribution in [3.63, 3.8) is 0 Å². The van der Waals surface area contributed by atoms with Crippen LogP contribution in [0.2, 0.25) is 10.0 Å². The molecule has 2 aromatic rings. The molecule has 0 saturated heterocycles. The average molecular weight is 369 g/mol. The molecule has 0 bridgehead atoms. The van der Waals surface area contributed by atoms with Gasteiger partial charge in [-0.05, 0) is 24.3 Å². The molecule has 0 unspecified atom stereocenters. The van der Waals surface area contributed by atoms with Crippen molar-refractivity contribution in [2.45, 2.75) is 13.8 Å². The molecule has 24 heavy (non-hydrogen) atoms. The fourth-order valence-electron chi connectivity index (χ4n) is 2.16. The molecule has 2 rings (SSSR count). The number of rotatable bonds is 3. The molecule has 0 aliphatic carbocycles. The molecular formula is C16H14Cl2N2O4. The lowest BCUT2D eigenvalue weighted by atomic mass is 10.0. The van der Waals surface area contributed by atoms with Crippen molar-refractivity contribution >= 4 is 46.4 Å². The van der Waals surface area contributed by atoms with E-state index in [-0.39, 0.29) is 44.5 Å². The number of anilines is 2. The van der Waals surface area contributed by atoms with E-state index in [9.17, 15) is 19.8 Å². The van der Waals surface area contributed by atoms with Crippen LogP contribution < -0.4 is 10.6 Å². The minimum atomic E-state index is -0.322. The zero-order chi connectivity index (χ0) is 18.0. The molecule has 0 saturated carbocycles. The molecule has 126 valence electrons. The van der Waals surface area contributed by atoms with Gasteiger partial charge in [0.05, 0.1) is 10.0 Å². The Bertz CT molecular complexity index is 768. The van der Waals surface area contributed by atoms with Crippen LogP contribution in [0.15, 0.2) is 24.3 Å². The summed E-state index contributed by atoms with van der Waals surface area (Å²) in [5.74, 6) is -1.23. The lowest BCUT2D eigenvalue weighted by molar-refractivity contribution is -0.115. The summed E-state index contributed by atoms with van der Waals surface area (Å²) in [6.45, 7) is 2.65. The highest BCUT2D eigenvalue weighted by Crippen LogP contribution is 2.45. The number of hydrogen-bond acceptors (Lipinski definition) is 4. The maximum absolute atomic E-state index is 11.2. The molecule has 2 aromatic carbocycles. The van der Waals surface area contributed by atoms with E-state index in [0.717, 1.165) is 0 Å². The lowest BCUT2D eigenvalue weighted by Crippen LogP contribution is -2.06. The van der Waals surface area contributed by atoms with Gasteiger partial charge in [0.25, 0.3) is 0 Å². The van der Waals surface area contributed by atoms with Crippen molar-refractivity contribution in [2.75, 3.05) is 10.6 Å². The largest absolute Gasteiger partial charge is 0.506 e. The quantitative estimate of drug-likeness (QED) is 0.615. The topological polar surface area (TPSA) is 98.7 Å². The fourth-order valence-corrected chi connectivity index (χ4v) is 2.60. The Labute approximate surface area is 148 Å². The average Bonchev–Trinajstić information content (AvgIpc) is 2.45. The second kappa shape index (κ2) is 6.98. The highest BCUT2D eigenvalue weighted by molar-refractivity contribution is 6.34. The van der Waals surface area contributed by atoms with E-state index in [0.29, 0.717) is 11.4 Å². The Morgan fingerprint density at radius 1 is 0.792 bits per heavy atom. The van der Waals surface area contributed by atoms with Crippen LogP contribution >= 0.6 is 23.2 Å². The smallest absolute Gasteiger partial charge is 0.221 e. The molecule has 4 N–H and O–H groups in total. The van der Waals surface area contributed by atoms with Crippen LogP contribution in [-0.4, -0.2) is 22.0 Å². The maximum Gasteiger partial charge on any atom is 0.221 e. The lowest BCUT2D eigenvalue weighted by Gasteiger charge is -2.14. The van der Waals surface area contributed by atoms with Gasteiger partial charge in [-0.2, -0.15) is 0 Å². The van der Waals surface area contributed by atoms with Gasteiger partial charge in [-0.25, -0.2) is 0 Å². The van der Waals surface area contributed by atoms with Gasteiger partial charge in [0.2, 0.25) is 11.8 Å². The molecule has 0 aliphatic rings. The van der Waals surface area contributed by atoms with Crippen LogP contribution in [0.4, 0.5) is 11.4 Å². The number of amides is 2. The number of halogens is 2. The van der Waals surface area contributed by atoms with E-state index in [4.69, 9.17) is 23.2 Å². The van der Waals surface area contributed by atoms with Gasteiger partial charge >= 0.3 is 0 Å². The van der Waals surface area contributed by atoms with E-state index in [1.807, 2.05) is 0 Å². The molecule has 0 spiro atoms. The predicted molar refractivity (Wildman–Crippen MR) is 93.8 cm³/mol. The summed E-state index contributed by atoms with van der Waals surface area (Å²) >= 11 is 12.0. The molecule has 0 aliphatic heterocycles. The van der Waals surface area contributed by atoms with Crippen LogP contribution in [0, 0.1) is 0 Å². The number of phenolic OH excluding ortho intramolecular Hbond substituents is 2. The second-order valence-electron chi connectivity index (χ2n) is 5.07. The molecule has 0 fully saturated rings. The Morgan fingerprint density at radius 3 is 1.42 bits per heavy atom. The van der Waals surface area contributed by atoms with Crippen LogP contribution in [0.5, 0.6) is 11.5 Å². The van der Waals surface area contributed by atoms with Gasteiger partial charge in [0.1, 0.15) is 11.5 Å².